The summed E-state index contributed by atoms with van der Waals surface area (Å²) in [5.41, 5.74) is 9.14. The van der Waals surface area contributed by atoms with Gasteiger partial charge in [0.05, 0.1) is 0 Å². The summed E-state index contributed by atoms with van der Waals surface area (Å²) in [6.07, 6.45) is 17.6. The zero-order valence-corrected chi connectivity index (χ0v) is 17.5. The Morgan fingerprint density at radius 3 is 2.46 bits per heavy atom. The van der Waals surface area contributed by atoms with E-state index in [-0.39, 0.29) is 5.41 Å². The third-order valence-electron chi connectivity index (χ3n) is 6.61. The van der Waals surface area contributed by atoms with Crippen LogP contribution in [0.5, 0.6) is 0 Å². The average molecular weight is 369 g/mol. The fourth-order valence-electron chi connectivity index (χ4n) is 5.40. The van der Waals surface area contributed by atoms with Crippen molar-refractivity contribution < 1.29 is 0 Å². The normalized spacial score (nSPS) is 16.7. The predicted octanol–water partition coefficient (Wildman–Crippen LogP) is 7.78. The number of hydrogen-bond donors (Lipinski definition) is 0. The van der Waals surface area contributed by atoms with Crippen molar-refractivity contribution in [2.24, 2.45) is 5.92 Å². The van der Waals surface area contributed by atoms with Gasteiger partial charge in [0, 0.05) is 11.3 Å². The molecule has 2 aliphatic rings. The van der Waals surface area contributed by atoms with E-state index in [2.05, 4.69) is 93.6 Å². The summed E-state index contributed by atoms with van der Waals surface area (Å²) in [5.74, 6) is 0.494. The van der Waals surface area contributed by atoms with Crippen LogP contribution in [0, 0.1) is 5.92 Å². The van der Waals surface area contributed by atoms with Gasteiger partial charge in [-0.25, -0.2) is 0 Å². The Bertz CT molecular complexity index is 924. The number of rotatable bonds is 7. The quantitative estimate of drug-likeness (QED) is 0.373. The van der Waals surface area contributed by atoms with Crippen molar-refractivity contribution in [1.29, 1.82) is 0 Å². The monoisotopic (exact) mass is 368 g/mol. The molecule has 0 fully saturated rings. The second-order valence-corrected chi connectivity index (χ2v) is 8.69. The molecule has 0 amide bonds. The first-order valence-corrected chi connectivity index (χ1v) is 10.8. The smallest absolute Gasteiger partial charge is 0.00565 e. The van der Waals surface area contributed by atoms with Crippen LogP contribution in [0.1, 0.15) is 63.1 Å². The molecule has 2 aromatic carbocycles. The molecule has 2 aliphatic carbocycles. The average Bonchev–Trinajstić information content (AvgIpc) is 3.35. The van der Waals surface area contributed by atoms with E-state index >= 15 is 0 Å². The van der Waals surface area contributed by atoms with Crippen molar-refractivity contribution in [3.63, 3.8) is 0 Å². The molecule has 0 bridgehead atoms. The number of allylic oxidation sites excluding steroid dienone is 6. The largest absolute Gasteiger partial charge is 0.0859 e. The molecule has 2 aromatic rings. The summed E-state index contributed by atoms with van der Waals surface area (Å²) < 4.78 is 0. The lowest BCUT2D eigenvalue weighted by atomic mass is 9.63. The molecule has 0 aliphatic heterocycles. The molecule has 0 saturated heterocycles. The van der Waals surface area contributed by atoms with Gasteiger partial charge in [0.2, 0.25) is 0 Å². The highest BCUT2D eigenvalue weighted by molar-refractivity contribution is 5.78. The maximum absolute atomic E-state index is 2.43. The zero-order chi connectivity index (χ0) is 19.6. The SMILES string of the molecule is CCCC(CCC=C(C)C)(c1cccc2c1Cc1ccccc1-2)C1C=CC=C1. The molecule has 4 rings (SSSR count). The van der Waals surface area contributed by atoms with Gasteiger partial charge in [-0.1, -0.05) is 91.8 Å². The highest BCUT2D eigenvalue weighted by Gasteiger charge is 2.40. The van der Waals surface area contributed by atoms with Gasteiger partial charge in [-0.2, -0.15) is 0 Å². The van der Waals surface area contributed by atoms with Crippen molar-refractivity contribution in [1.82, 2.24) is 0 Å². The van der Waals surface area contributed by atoms with Gasteiger partial charge in [0.25, 0.3) is 0 Å². The Balaban J connectivity index is 1.84. The number of fused-ring (bicyclic) bond motifs is 3. The van der Waals surface area contributed by atoms with Crippen LogP contribution in [0.3, 0.4) is 0 Å². The summed E-state index contributed by atoms with van der Waals surface area (Å²) >= 11 is 0. The van der Waals surface area contributed by atoms with E-state index < -0.39 is 0 Å². The molecular weight excluding hydrogens is 336 g/mol. The Morgan fingerprint density at radius 2 is 1.71 bits per heavy atom. The lowest BCUT2D eigenvalue weighted by molar-refractivity contribution is 0.309. The molecule has 1 unspecified atom stereocenters. The summed E-state index contributed by atoms with van der Waals surface area (Å²) in [6, 6.07) is 16.0. The Labute approximate surface area is 170 Å². The molecule has 0 N–H and O–H groups in total. The topological polar surface area (TPSA) is 0 Å². The van der Waals surface area contributed by atoms with Crippen molar-refractivity contribution in [3.8, 4) is 11.1 Å². The molecule has 0 radical (unpaired) electrons. The van der Waals surface area contributed by atoms with Gasteiger partial charge in [0.1, 0.15) is 0 Å². The van der Waals surface area contributed by atoms with Gasteiger partial charge >= 0.3 is 0 Å². The highest BCUT2D eigenvalue weighted by atomic mass is 14.4. The summed E-state index contributed by atoms with van der Waals surface area (Å²) in [6.45, 7) is 6.78. The summed E-state index contributed by atoms with van der Waals surface area (Å²) in [7, 11) is 0. The minimum absolute atomic E-state index is 0.178. The molecule has 144 valence electrons. The molecule has 1 atom stereocenters. The first-order chi connectivity index (χ1) is 13.7. The Hall–Kier alpha value is -2.34. The van der Waals surface area contributed by atoms with E-state index in [1.165, 1.54) is 41.5 Å². The van der Waals surface area contributed by atoms with Crippen LogP contribution in [-0.4, -0.2) is 0 Å². The van der Waals surface area contributed by atoms with Crippen molar-refractivity contribution in [2.75, 3.05) is 0 Å². The van der Waals surface area contributed by atoms with E-state index in [1.54, 1.807) is 11.1 Å². The molecule has 0 heteroatoms. The molecule has 0 saturated carbocycles. The first-order valence-electron chi connectivity index (χ1n) is 10.8. The van der Waals surface area contributed by atoms with Crippen LogP contribution in [0.2, 0.25) is 0 Å². The first kappa shape index (κ1) is 19.0. The standard InChI is InChI=1S/C28H32/c1-4-18-28(19-10-11-21(2)3,23-13-6-7-14-23)27-17-9-16-25-24-15-8-5-12-22(24)20-26(25)27/h5-9,11-17,23H,4,10,18-20H2,1-3H3. The fourth-order valence-corrected chi connectivity index (χ4v) is 5.40. The zero-order valence-electron chi connectivity index (χ0n) is 17.5. The maximum Gasteiger partial charge on any atom is 0.00565 e. The van der Waals surface area contributed by atoms with Gasteiger partial charge in [-0.3, -0.25) is 0 Å². The summed E-state index contributed by atoms with van der Waals surface area (Å²) in [4.78, 5) is 0. The predicted molar refractivity (Wildman–Crippen MR) is 122 cm³/mol. The molecule has 0 aromatic heterocycles. The lowest BCUT2D eigenvalue weighted by Crippen LogP contribution is -2.34. The van der Waals surface area contributed by atoms with E-state index in [4.69, 9.17) is 0 Å². The van der Waals surface area contributed by atoms with Gasteiger partial charge < -0.3 is 0 Å². The van der Waals surface area contributed by atoms with Gasteiger partial charge in [-0.15, -0.1) is 0 Å². The number of hydrogen-bond acceptors (Lipinski definition) is 0. The van der Waals surface area contributed by atoms with Crippen molar-refractivity contribution >= 4 is 0 Å². The lowest BCUT2D eigenvalue weighted by Gasteiger charge is -2.40. The third kappa shape index (κ3) is 3.30. The van der Waals surface area contributed by atoms with E-state index in [0.29, 0.717) is 5.92 Å². The van der Waals surface area contributed by atoms with E-state index in [9.17, 15) is 0 Å². The molecular formula is C28H32. The second kappa shape index (κ2) is 7.95. The van der Waals surface area contributed by atoms with Crippen LogP contribution in [0.25, 0.3) is 11.1 Å². The van der Waals surface area contributed by atoms with Crippen LogP contribution in [0.4, 0.5) is 0 Å². The Morgan fingerprint density at radius 1 is 0.964 bits per heavy atom. The van der Waals surface area contributed by atoms with E-state index in [0.717, 1.165) is 12.8 Å². The fraction of sp³-hybridized carbons (Fsp3) is 0.357. The van der Waals surface area contributed by atoms with Crippen molar-refractivity contribution in [3.05, 3.63) is 95.1 Å². The van der Waals surface area contributed by atoms with Gasteiger partial charge in [0.15, 0.2) is 0 Å². The number of benzene rings is 2. The van der Waals surface area contributed by atoms with Crippen LogP contribution >= 0.6 is 0 Å². The van der Waals surface area contributed by atoms with Gasteiger partial charge in [-0.05, 0) is 67.3 Å². The van der Waals surface area contributed by atoms with Crippen LogP contribution < -0.4 is 0 Å². The second-order valence-electron chi connectivity index (χ2n) is 8.69. The molecule has 0 heterocycles. The summed E-state index contributed by atoms with van der Waals surface area (Å²) in [5, 5.41) is 0. The minimum atomic E-state index is 0.178. The van der Waals surface area contributed by atoms with Crippen LogP contribution in [0.15, 0.2) is 78.4 Å². The molecule has 0 spiro atoms. The van der Waals surface area contributed by atoms with E-state index in [1.807, 2.05) is 0 Å². The molecule has 0 nitrogen and oxygen atoms in total. The molecule has 28 heavy (non-hydrogen) atoms. The Kier molecular flexibility index (Phi) is 5.40. The van der Waals surface area contributed by atoms with Crippen molar-refractivity contribution in [2.45, 2.75) is 58.3 Å². The third-order valence-corrected chi connectivity index (χ3v) is 6.61. The van der Waals surface area contributed by atoms with Crippen LogP contribution in [-0.2, 0) is 11.8 Å². The minimum Gasteiger partial charge on any atom is -0.0859 e. The highest BCUT2D eigenvalue weighted by Crippen LogP contribution is 2.49. The maximum atomic E-state index is 2.43.